The summed E-state index contributed by atoms with van der Waals surface area (Å²) in [5.41, 5.74) is 0. The Balaban J connectivity index is 3.10. The molecule has 0 saturated carbocycles. The molecule has 72 valence electrons. The Hall–Kier alpha value is 0.540. The van der Waals surface area contributed by atoms with Crippen LogP contribution in [0.4, 0.5) is 0 Å². The van der Waals surface area contributed by atoms with E-state index in [0.717, 1.165) is 31.0 Å². The van der Waals surface area contributed by atoms with Gasteiger partial charge in [-0.2, -0.15) is 0 Å². The summed E-state index contributed by atoms with van der Waals surface area (Å²) in [6.07, 6.45) is 4.90. The van der Waals surface area contributed by atoms with Gasteiger partial charge in [-0.25, -0.2) is 0 Å². The standard InChI is InChI=1S/C8H17BrO2P/c1-2-3-7-11-12(10)8-5-4-6-9/h2-8H2,1H3/q+1. The van der Waals surface area contributed by atoms with Gasteiger partial charge in [-0.05, 0) is 23.8 Å². The minimum atomic E-state index is -1.37. The molecule has 0 aliphatic carbocycles. The molecule has 0 spiro atoms. The summed E-state index contributed by atoms with van der Waals surface area (Å²) in [7, 11) is -1.37. The lowest BCUT2D eigenvalue weighted by Crippen LogP contribution is -1.88. The zero-order valence-corrected chi connectivity index (χ0v) is 10.1. The van der Waals surface area contributed by atoms with Gasteiger partial charge in [0, 0.05) is 5.33 Å². The van der Waals surface area contributed by atoms with Crippen LogP contribution in [-0.4, -0.2) is 18.1 Å². The third-order valence-corrected chi connectivity index (χ3v) is 3.17. The molecular weight excluding hydrogens is 239 g/mol. The van der Waals surface area contributed by atoms with Gasteiger partial charge in [-0.1, -0.05) is 29.3 Å². The maximum absolute atomic E-state index is 11.1. The van der Waals surface area contributed by atoms with Crippen molar-refractivity contribution in [1.82, 2.24) is 0 Å². The summed E-state index contributed by atoms with van der Waals surface area (Å²) in [6.45, 7) is 2.75. The summed E-state index contributed by atoms with van der Waals surface area (Å²) in [5.74, 6) is 0. The first-order chi connectivity index (χ1) is 5.81. The fourth-order valence-electron chi connectivity index (χ4n) is 0.711. The lowest BCUT2D eigenvalue weighted by Gasteiger charge is -1.90. The van der Waals surface area contributed by atoms with Crippen molar-refractivity contribution < 1.29 is 9.09 Å². The molecule has 0 bridgehead atoms. The van der Waals surface area contributed by atoms with E-state index >= 15 is 0 Å². The maximum atomic E-state index is 11.1. The van der Waals surface area contributed by atoms with Crippen molar-refractivity contribution in [3.05, 3.63) is 0 Å². The highest BCUT2D eigenvalue weighted by Crippen LogP contribution is 2.24. The van der Waals surface area contributed by atoms with Crippen LogP contribution >= 0.6 is 24.0 Å². The molecule has 12 heavy (non-hydrogen) atoms. The predicted octanol–water partition coefficient (Wildman–Crippen LogP) is 3.72. The van der Waals surface area contributed by atoms with Crippen molar-refractivity contribution >= 4 is 24.0 Å². The monoisotopic (exact) mass is 255 g/mol. The summed E-state index contributed by atoms with van der Waals surface area (Å²) >= 11 is 3.33. The number of hydrogen-bond donors (Lipinski definition) is 0. The lowest BCUT2D eigenvalue weighted by atomic mass is 10.4. The number of halogens is 1. The number of unbranched alkanes of at least 4 members (excludes halogenated alkanes) is 2. The third-order valence-electron chi connectivity index (χ3n) is 1.46. The summed E-state index contributed by atoms with van der Waals surface area (Å²) in [5, 5.41) is 0.991. The van der Waals surface area contributed by atoms with Gasteiger partial charge in [0.1, 0.15) is 6.61 Å². The molecule has 2 nitrogen and oxygen atoms in total. The van der Waals surface area contributed by atoms with Gasteiger partial charge >= 0.3 is 8.03 Å². The van der Waals surface area contributed by atoms with Gasteiger partial charge < -0.3 is 0 Å². The van der Waals surface area contributed by atoms with Crippen LogP contribution in [-0.2, 0) is 9.09 Å². The predicted molar refractivity (Wildman–Crippen MR) is 56.4 cm³/mol. The Morgan fingerprint density at radius 1 is 1.33 bits per heavy atom. The molecule has 0 aromatic heterocycles. The van der Waals surface area contributed by atoms with Crippen molar-refractivity contribution in [2.45, 2.75) is 32.6 Å². The molecule has 1 unspecified atom stereocenters. The van der Waals surface area contributed by atoms with Crippen LogP contribution in [0.2, 0.25) is 0 Å². The Morgan fingerprint density at radius 2 is 2.08 bits per heavy atom. The molecule has 0 aliphatic rings. The molecule has 0 amide bonds. The van der Waals surface area contributed by atoms with Crippen LogP contribution in [0.25, 0.3) is 0 Å². The van der Waals surface area contributed by atoms with Crippen LogP contribution in [0.1, 0.15) is 32.6 Å². The normalized spacial score (nSPS) is 11.7. The summed E-state index contributed by atoms with van der Waals surface area (Å²) in [6, 6.07) is 0. The van der Waals surface area contributed by atoms with E-state index in [4.69, 9.17) is 4.52 Å². The highest BCUT2D eigenvalue weighted by molar-refractivity contribution is 9.09. The Bertz CT molecular complexity index is 108. The number of rotatable bonds is 8. The second-order valence-corrected chi connectivity index (χ2v) is 4.80. The quantitative estimate of drug-likeness (QED) is 0.376. The Labute approximate surface area is 84.1 Å². The van der Waals surface area contributed by atoms with E-state index in [1.54, 1.807) is 0 Å². The van der Waals surface area contributed by atoms with Crippen LogP contribution in [0.5, 0.6) is 0 Å². The topological polar surface area (TPSA) is 26.3 Å². The zero-order valence-electron chi connectivity index (χ0n) is 7.59. The van der Waals surface area contributed by atoms with Crippen molar-refractivity contribution in [2.75, 3.05) is 18.1 Å². The fourth-order valence-corrected chi connectivity index (χ4v) is 2.05. The first-order valence-corrected chi connectivity index (χ1v) is 6.93. The average molecular weight is 256 g/mol. The molecule has 0 aromatic carbocycles. The van der Waals surface area contributed by atoms with Crippen molar-refractivity contribution in [2.24, 2.45) is 0 Å². The summed E-state index contributed by atoms with van der Waals surface area (Å²) < 4.78 is 16.2. The second-order valence-electron chi connectivity index (χ2n) is 2.64. The van der Waals surface area contributed by atoms with E-state index < -0.39 is 8.03 Å². The van der Waals surface area contributed by atoms with E-state index in [0.29, 0.717) is 12.8 Å². The number of hydrogen-bond acceptors (Lipinski definition) is 2. The lowest BCUT2D eigenvalue weighted by molar-refractivity contribution is 0.320. The highest BCUT2D eigenvalue weighted by atomic mass is 79.9. The van der Waals surface area contributed by atoms with Crippen molar-refractivity contribution in [1.29, 1.82) is 0 Å². The largest absolute Gasteiger partial charge is 0.508 e. The smallest absolute Gasteiger partial charge is 0.146 e. The van der Waals surface area contributed by atoms with Gasteiger partial charge in [-0.15, -0.1) is 4.52 Å². The van der Waals surface area contributed by atoms with Crippen LogP contribution < -0.4 is 0 Å². The van der Waals surface area contributed by atoms with Crippen molar-refractivity contribution in [3.8, 4) is 0 Å². The van der Waals surface area contributed by atoms with E-state index in [1.807, 2.05) is 0 Å². The zero-order chi connectivity index (χ0) is 9.23. The van der Waals surface area contributed by atoms with E-state index in [2.05, 4.69) is 22.9 Å². The average Bonchev–Trinajstić information content (AvgIpc) is 2.06. The van der Waals surface area contributed by atoms with Gasteiger partial charge in [0.2, 0.25) is 0 Å². The highest BCUT2D eigenvalue weighted by Gasteiger charge is 2.15. The molecule has 0 aliphatic heterocycles. The Kier molecular flexibility index (Phi) is 10.1. The Morgan fingerprint density at radius 3 is 2.67 bits per heavy atom. The molecule has 0 N–H and O–H groups in total. The van der Waals surface area contributed by atoms with Crippen LogP contribution in [0.15, 0.2) is 0 Å². The third kappa shape index (κ3) is 8.63. The van der Waals surface area contributed by atoms with Gasteiger partial charge in [0.15, 0.2) is 6.16 Å². The SMILES string of the molecule is CCCCO[P+](=O)CCCCBr. The van der Waals surface area contributed by atoms with Crippen LogP contribution in [0, 0.1) is 0 Å². The maximum Gasteiger partial charge on any atom is 0.508 e. The molecule has 4 heteroatoms. The molecule has 0 fully saturated rings. The van der Waals surface area contributed by atoms with Gasteiger partial charge in [0.05, 0.1) is 0 Å². The number of alkyl halides is 1. The van der Waals surface area contributed by atoms with E-state index in [1.165, 1.54) is 0 Å². The first-order valence-electron chi connectivity index (χ1n) is 4.44. The summed E-state index contributed by atoms with van der Waals surface area (Å²) in [4.78, 5) is 0. The van der Waals surface area contributed by atoms with Gasteiger partial charge in [-0.3, -0.25) is 0 Å². The molecule has 1 atom stereocenters. The van der Waals surface area contributed by atoms with Crippen LogP contribution in [0.3, 0.4) is 0 Å². The fraction of sp³-hybridized carbons (Fsp3) is 1.00. The van der Waals surface area contributed by atoms with Crippen molar-refractivity contribution in [3.63, 3.8) is 0 Å². The molecule has 0 heterocycles. The van der Waals surface area contributed by atoms with E-state index in [9.17, 15) is 4.57 Å². The molecule has 0 rings (SSSR count). The van der Waals surface area contributed by atoms with E-state index in [-0.39, 0.29) is 0 Å². The molecule has 0 saturated heterocycles. The minimum Gasteiger partial charge on any atom is -0.146 e. The molecule has 0 radical (unpaired) electrons. The first kappa shape index (κ1) is 12.5. The minimum absolute atomic E-state index is 0.653. The molecular formula is C8H17BrO2P+. The van der Waals surface area contributed by atoms with Gasteiger partial charge in [0.25, 0.3) is 0 Å². The second kappa shape index (κ2) is 9.63. The molecule has 0 aromatic rings.